The summed E-state index contributed by atoms with van der Waals surface area (Å²) >= 11 is 0. The molecule has 0 radical (unpaired) electrons. The number of aliphatic carboxylic acids is 2. The second-order valence-corrected chi connectivity index (χ2v) is 5.72. The minimum atomic E-state index is -1.40. The van der Waals surface area contributed by atoms with Gasteiger partial charge in [0.25, 0.3) is 0 Å². The van der Waals surface area contributed by atoms with Gasteiger partial charge in [0.05, 0.1) is 11.9 Å². The van der Waals surface area contributed by atoms with E-state index in [1.807, 2.05) is 0 Å². The number of hydrogen-bond donors (Lipinski definition) is 0. The van der Waals surface area contributed by atoms with Crippen LogP contribution in [-0.2, 0) is 9.59 Å². The van der Waals surface area contributed by atoms with Gasteiger partial charge in [0.1, 0.15) is 0 Å². The fraction of sp³-hybridized carbons (Fsp3) is 0.625. The van der Waals surface area contributed by atoms with E-state index in [-0.39, 0.29) is 70.3 Å². The Hall–Kier alpha value is 0.420. The molecule has 0 saturated carbocycles. The smallest absolute Gasteiger partial charge is 0.545 e. The summed E-state index contributed by atoms with van der Waals surface area (Å²) in [7, 11) is 0. The molecule has 0 aliphatic heterocycles. The van der Waals surface area contributed by atoms with Crippen LogP contribution in [0.4, 0.5) is 0 Å². The Morgan fingerprint density at radius 2 is 1.59 bits per heavy atom. The number of carboxylic acid groups (broad SMARTS) is 2. The molecule has 0 aromatic heterocycles. The number of allylic oxidation sites excluding steroid dienone is 1. The Kier molecular flexibility index (Phi) is 18.6. The Labute approximate surface area is 178 Å². The first-order valence-electron chi connectivity index (χ1n) is 7.05. The molecule has 0 amide bonds. The maximum atomic E-state index is 11.0. The van der Waals surface area contributed by atoms with Crippen LogP contribution in [0.15, 0.2) is 23.3 Å². The predicted molar refractivity (Wildman–Crippen MR) is 74.3 cm³/mol. The fourth-order valence-corrected chi connectivity index (χ4v) is 1.97. The van der Waals surface area contributed by atoms with Gasteiger partial charge in [0.15, 0.2) is 0 Å². The van der Waals surface area contributed by atoms with E-state index in [1.165, 1.54) is 6.92 Å². The molecule has 0 spiro atoms. The zero-order valence-corrected chi connectivity index (χ0v) is 18.8. The van der Waals surface area contributed by atoms with E-state index in [1.54, 1.807) is 6.08 Å². The van der Waals surface area contributed by atoms with E-state index < -0.39 is 11.9 Å². The molecule has 0 aromatic carbocycles. The Morgan fingerprint density at radius 1 is 1.05 bits per heavy atom. The molecule has 4 nitrogen and oxygen atoms in total. The van der Waals surface area contributed by atoms with Crippen molar-refractivity contribution >= 4 is 11.9 Å². The maximum Gasteiger partial charge on any atom is 1.00 e. The summed E-state index contributed by atoms with van der Waals surface area (Å²) in [5.41, 5.74) is 0.0873. The van der Waals surface area contributed by atoms with Gasteiger partial charge < -0.3 is 19.8 Å². The first-order chi connectivity index (χ1) is 9.23. The van der Waals surface area contributed by atoms with Gasteiger partial charge in [0.2, 0.25) is 0 Å². The summed E-state index contributed by atoms with van der Waals surface area (Å²) < 4.78 is 0. The fourth-order valence-electron chi connectivity index (χ4n) is 1.97. The van der Waals surface area contributed by atoms with Crippen LogP contribution in [0.2, 0.25) is 0 Å². The summed E-state index contributed by atoms with van der Waals surface area (Å²) in [5, 5.41) is 21.5. The molecule has 0 aromatic rings. The molecule has 1 atom stereocenters. The number of hydrogen-bond acceptors (Lipinski definition) is 4. The Balaban J connectivity index is -0.00000180. The monoisotopic (exact) mass is 326 g/mol. The maximum absolute atomic E-state index is 11.0. The van der Waals surface area contributed by atoms with Gasteiger partial charge in [-0.3, -0.25) is 0 Å². The SMILES string of the molecule is CC(=C/C(=O)[O-])/C(=C\CC(C)CCCC(C)C)C(=O)[O-].[Na+].[Na+]. The average molecular weight is 326 g/mol. The van der Waals surface area contributed by atoms with Gasteiger partial charge in [-0.05, 0) is 42.4 Å². The second-order valence-electron chi connectivity index (χ2n) is 5.72. The third kappa shape index (κ3) is 14.0. The Bertz CT molecular complexity index is 401. The standard InChI is InChI=1S/C16H26O4.2Na/c1-11(2)6-5-7-12(3)8-9-14(16(19)20)13(4)10-15(17)18;;/h9-12H,5-8H2,1-4H3,(H,17,18)(H,19,20);;/q;2*+1/p-2/b13-10-,14-9+;;. The largest absolute Gasteiger partial charge is 1.00 e. The molecule has 0 heterocycles. The quantitative estimate of drug-likeness (QED) is 0.242. The van der Waals surface area contributed by atoms with E-state index in [2.05, 4.69) is 20.8 Å². The summed E-state index contributed by atoms with van der Waals surface area (Å²) in [6.45, 7) is 7.84. The van der Waals surface area contributed by atoms with E-state index in [4.69, 9.17) is 0 Å². The van der Waals surface area contributed by atoms with Gasteiger partial charge in [-0.25, -0.2) is 0 Å². The van der Waals surface area contributed by atoms with Crippen LogP contribution in [0.25, 0.3) is 0 Å². The third-order valence-electron chi connectivity index (χ3n) is 3.18. The van der Waals surface area contributed by atoms with Gasteiger partial charge in [-0.2, -0.15) is 0 Å². The topological polar surface area (TPSA) is 80.3 Å². The minimum absolute atomic E-state index is 0. The first kappa shape index (κ1) is 27.3. The third-order valence-corrected chi connectivity index (χ3v) is 3.18. The van der Waals surface area contributed by atoms with Crippen molar-refractivity contribution in [2.75, 3.05) is 0 Å². The Morgan fingerprint density at radius 3 is 2.00 bits per heavy atom. The average Bonchev–Trinajstić information content (AvgIpc) is 2.26. The van der Waals surface area contributed by atoms with E-state index in [0.29, 0.717) is 18.3 Å². The summed E-state index contributed by atoms with van der Waals surface area (Å²) in [5.74, 6) is -1.72. The van der Waals surface area contributed by atoms with Gasteiger partial charge in [-0.1, -0.05) is 46.1 Å². The van der Waals surface area contributed by atoms with Crippen LogP contribution in [0.1, 0.15) is 53.4 Å². The van der Waals surface area contributed by atoms with Crippen molar-refractivity contribution in [3.8, 4) is 0 Å². The van der Waals surface area contributed by atoms with Crippen molar-refractivity contribution in [3.05, 3.63) is 23.3 Å². The van der Waals surface area contributed by atoms with Crippen LogP contribution in [-0.4, -0.2) is 11.9 Å². The summed E-state index contributed by atoms with van der Waals surface area (Å²) in [6.07, 6.45) is 6.22. The van der Waals surface area contributed by atoms with Crippen LogP contribution in [0.3, 0.4) is 0 Å². The van der Waals surface area contributed by atoms with Gasteiger partial charge in [-0.15, -0.1) is 0 Å². The van der Waals surface area contributed by atoms with Crippen LogP contribution >= 0.6 is 0 Å². The van der Waals surface area contributed by atoms with Gasteiger partial charge >= 0.3 is 59.1 Å². The molecule has 6 heteroatoms. The van der Waals surface area contributed by atoms with Crippen LogP contribution in [0, 0.1) is 11.8 Å². The molecule has 0 rings (SSSR count). The molecular formula is C16H24Na2O4. The number of carboxylic acids is 2. The van der Waals surface area contributed by atoms with Crippen molar-refractivity contribution in [2.24, 2.45) is 11.8 Å². The number of rotatable bonds is 9. The summed E-state index contributed by atoms with van der Waals surface area (Å²) in [4.78, 5) is 21.5. The molecule has 0 saturated heterocycles. The first-order valence-corrected chi connectivity index (χ1v) is 7.05. The van der Waals surface area contributed by atoms with Crippen LogP contribution < -0.4 is 69.3 Å². The van der Waals surface area contributed by atoms with Crippen molar-refractivity contribution in [2.45, 2.75) is 53.4 Å². The van der Waals surface area contributed by atoms with Crippen molar-refractivity contribution in [1.82, 2.24) is 0 Å². The van der Waals surface area contributed by atoms with Crippen molar-refractivity contribution < 1.29 is 78.9 Å². The molecule has 1 unspecified atom stereocenters. The number of carbonyl (C=O) groups is 2. The predicted octanol–water partition coefficient (Wildman–Crippen LogP) is -4.78. The molecule has 0 bridgehead atoms. The van der Waals surface area contributed by atoms with E-state index in [0.717, 1.165) is 25.3 Å². The molecular weight excluding hydrogens is 302 g/mol. The molecule has 22 heavy (non-hydrogen) atoms. The normalized spacial score (nSPS) is 13.1. The van der Waals surface area contributed by atoms with E-state index >= 15 is 0 Å². The zero-order valence-electron chi connectivity index (χ0n) is 14.8. The van der Waals surface area contributed by atoms with E-state index in [9.17, 15) is 19.8 Å². The zero-order chi connectivity index (χ0) is 15.7. The second kappa shape index (κ2) is 15.0. The molecule has 0 aliphatic carbocycles. The van der Waals surface area contributed by atoms with Gasteiger partial charge in [0, 0.05) is 0 Å². The molecule has 0 N–H and O–H groups in total. The minimum Gasteiger partial charge on any atom is -0.545 e. The van der Waals surface area contributed by atoms with Crippen LogP contribution in [0.5, 0.6) is 0 Å². The molecule has 0 aliphatic rings. The molecule has 0 fully saturated rings. The summed E-state index contributed by atoms with van der Waals surface area (Å²) in [6, 6.07) is 0. The number of carbonyl (C=O) groups excluding carboxylic acids is 2. The molecule has 114 valence electrons. The van der Waals surface area contributed by atoms with Crippen molar-refractivity contribution in [1.29, 1.82) is 0 Å². The van der Waals surface area contributed by atoms with Crippen molar-refractivity contribution in [3.63, 3.8) is 0 Å².